The van der Waals surface area contributed by atoms with Gasteiger partial charge in [0.25, 0.3) is 0 Å². The van der Waals surface area contributed by atoms with E-state index in [0.717, 1.165) is 5.94 Å². The standard InChI is InChI=1S/C4H3F3OS/c5-4(6,7)3(1-8)2-9/h9H,2H2/p-1. The highest BCUT2D eigenvalue weighted by Crippen LogP contribution is 2.22. The van der Waals surface area contributed by atoms with Gasteiger partial charge in [0.2, 0.25) is 0 Å². The third-order valence-corrected chi connectivity index (χ3v) is 0.898. The van der Waals surface area contributed by atoms with Crippen molar-refractivity contribution >= 4 is 18.6 Å². The van der Waals surface area contributed by atoms with E-state index in [4.69, 9.17) is 0 Å². The number of hydrogen-bond acceptors (Lipinski definition) is 2. The molecule has 0 aliphatic carbocycles. The van der Waals surface area contributed by atoms with Gasteiger partial charge in [0.05, 0.1) is 5.57 Å². The van der Waals surface area contributed by atoms with Crippen LogP contribution in [-0.4, -0.2) is 17.9 Å². The zero-order valence-corrected chi connectivity index (χ0v) is 4.97. The number of hydrogen-bond donors (Lipinski definition) is 0. The lowest BCUT2D eigenvalue weighted by Crippen LogP contribution is -2.14. The third-order valence-electron chi connectivity index (χ3n) is 0.610. The van der Waals surface area contributed by atoms with Crippen molar-refractivity contribution in [2.75, 3.05) is 5.75 Å². The average molecular weight is 155 g/mol. The Labute approximate surface area is 55.0 Å². The smallest absolute Gasteiger partial charge is 0.421 e. The second kappa shape index (κ2) is 2.94. The molecule has 0 radical (unpaired) electrons. The fourth-order valence-electron chi connectivity index (χ4n) is 0.169. The van der Waals surface area contributed by atoms with Crippen molar-refractivity contribution in [3.8, 4) is 0 Å². The van der Waals surface area contributed by atoms with E-state index >= 15 is 0 Å². The summed E-state index contributed by atoms with van der Waals surface area (Å²) in [6.45, 7) is 0. The highest BCUT2D eigenvalue weighted by molar-refractivity contribution is 7.58. The maximum Gasteiger partial charge on any atom is 0.421 e. The van der Waals surface area contributed by atoms with E-state index in [1.165, 1.54) is 0 Å². The van der Waals surface area contributed by atoms with Gasteiger partial charge >= 0.3 is 6.18 Å². The van der Waals surface area contributed by atoms with Gasteiger partial charge in [-0.3, -0.25) is 0 Å². The highest BCUT2D eigenvalue weighted by atomic mass is 32.1. The quantitative estimate of drug-likeness (QED) is 0.412. The molecule has 52 valence electrons. The van der Waals surface area contributed by atoms with Crippen LogP contribution < -0.4 is 0 Å². The van der Waals surface area contributed by atoms with Crippen LogP contribution in [0.25, 0.3) is 0 Å². The molecule has 0 aromatic rings. The van der Waals surface area contributed by atoms with Gasteiger partial charge < -0.3 is 12.6 Å². The number of carbonyl (C=O) groups excluding carboxylic acids is 1. The van der Waals surface area contributed by atoms with Gasteiger partial charge in [-0.1, -0.05) is 0 Å². The molecule has 0 heterocycles. The molecular weight excluding hydrogens is 153 g/mol. The molecule has 0 amide bonds. The zero-order valence-electron chi connectivity index (χ0n) is 4.16. The maximum atomic E-state index is 11.4. The molecular formula is C4H2F3OS-. The van der Waals surface area contributed by atoms with Gasteiger partial charge in [0.15, 0.2) is 0 Å². The lowest BCUT2D eigenvalue weighted by molar-refractivity contribution is -0.0894. The van der Waals surface area contributed by atoms with Crippen molar-refractivity contribution in [1.82, 2.24) is 0 Å². The molecule has 9 heavy (non-hydrogen) atoms. The summed E-state index contributed by atoms with van der Waals surface area (Å²) < 4.78 is 34.1. The van der Waals surface area contributed by atoms with E-state index in [0.29, 0.717) is 0 Å². The number of halogens is 3. The minimum atomic E-state index is -4.59. The Morgan fingerprint density at radius 1 is 1.56 bits per heavy atom. The van der Waals surface area contributed by atoms with Crippen LogP contribution in [-0.2, 0) is 17.4 Å². The molecule has 0 aromatic carbocycles. The molecule has 1 nitrogen and oxygen atoms in total. The molecule has 0 N–H and O–H groups in total. The van der Waals surface area contributed by atoms with Crippen molar-refractivity contribution in [3.63, 3.8) is 0 Å². The molecule has 0 atom stereocenters. The van der Waals surface area contributed by atoms with E-state index in [9.17, 15) is 18.0 Å². The lowest BCUT2D eigenvalue weighted by Gasteiger charge is -2.08. The average Bonchev–Trinajstić information content (AvgIpc) is 1.65. The van der Waals surface area contributed by atoms with Crippen LogP contribution in [0.3, 0.4) is 0 Å². The third kappa shape index (κ3) is 2.58. The summed E-state index contributed by atoms with van der Waals surface area (Å²) in [7, 11) is 0. The number of alkyl halides is 3. The second-order valence-electron chi connectivity index (χ2n) is 1.22. The molecule has 0 rings (SSSR count). The van der Waals surface area contributed by atoms with Crippen LogP contribution in [0.2, 0.25) is 0 Å². The summed E-state index contributed by atoms with van der Waals surface area (Å²) in [5, 5.41) is 0. The molecule has 0 saturated carbocycles. The van der Waals surface area contributed by atoms with Gasteiger partial charge in [0.1, 0.15) is 5.94 Å². The molecule has 0 spiro atoms. The van der Waals surface area contributed by atoms with Crippen LogP contribution in [0.4, 0.5) is 13.2 Å². The van der Waals surface area contributed by atoms with Gasteiger partial charge in [-0.2, -0.15) is 13.2 Å². The number of rotatable bonds is 1. The van der Waals surface area contributed by atoms with Gasteiger partial charge in [-0.25, -0.2) is 4.79 Å². The van der Waals surface area contributed by atoms with Crippen molar-refractivity contribution in [2.45, 2.75) is 6.18 Å². The Hall–Kier alpha value is -0.410. The van der Waals surface area contributed by atoms with Crippen molar-refractivity contribution < 1.29 is 18.0 Å². The molecule has 0 aliphatic heterocycles. The lowest BCUT2D eigenvalue weighted by atomic mass is 10.3. The second-order valence-corrected chi connectivity index (χ2v) is 1.51. The fourth-order valence-corrected chi connectivity index (χ4v) is 0.392. The molecule has 0 aliphatic rings. The van der Waals surface area contributed by atoms with E-state index in [1.807, 2.05) is 0 Å². The molecule has 0 fully saturated rings. The minimum absolute atomic E-state index is 0.729. The SMILES string of the molecule is O=C=C(C[S-])C(F)(F)F. The first kappa shape index (κ1) is 8.59. The van der Waals surface area contributed by atoms with Crippen molar-refractivity contribution in [3.05, 3.63) is 5.57 Å². The normalized spacial score (nSPS) is 10.7. The Morgan fingerprint density at radius 3 is 2.00 bits per heavy atom. The Balaban J connectivity index is 4.33. The maximum absolute atomic E-state index is 11.4. The summed E-state index contributed by atoms with van der Waals surface area (Å²) in [6.07, 6.45) is -4.59. The highest BCUT2D eigenvalue weighted by Gasteiger charge is 2.31. The van der Waals surface area contributed by atoms with Crippen LogP contribution in [0, 0.1) is 0 Å². The predicted octanol–water partition coefficient (Wildman–Crippen LogP) is 0.854. The van der Waals surface area contributed by atoms with E-state index < -0.39 is 17.5 Å². The van der Waals surface area contributed by atoms with Gasteiger partial charge in [-0.15, -0.1) is 5.75 Å². The predicted molar refractivity (Wildman–Crippen MR) is 27.5 cm³/mol. The van der Waals surface area contributed by atoms with E-state index in [1.54, 1.807) is 0 Å². The van der Waals surface area contributed by atoms with Crippen LogP contribution in [0.5, 0.6) is 0 Å². The first-order valence-corrected chi connectivity index (χ1v) is 2.49. The Morgan fingerprint density at radius 2 is 2.00 bits per heavy atom. The van der Waals surface area contributed by atoms with Crippen LogP contribution in [0.15, 0.2) is 5.57 Å². The first-order valence-electron chi connectivity index (χ1n) is 1.91. The molecule has 0 saturated heterocycles. The Bertz CT molecular complexity index is 144. The summed E-state index contributed by atoms with van der Waals surface area (Å²) in [4.78, 5) is 9.43. The molecule has 0 aromatic heterocycles. The van der Waals surface area contributed by atoms with Gasteiger partial charge in [-0.05, 0) is 0 Å². The molecule has 5 heteroatoms. The Kier molecular flexibility index (Phi) is 2.81. The van der Waals surface area contributed by atoms with Crippen LogP contribution >= 0.6 is 0 Å². The fraction of sp³-hybridized carbons (Fsp3) is 0.500. The summed E-state index contributed by atoms with van der Waals surface area (Å²) in [6, 6.07) is 0. The van der Waals surface area contributed by atoms with Crippen molar-refractivity contribution in [2.24, 2.45) is 0 Å². The topological polar surface area (TPSA) is 17.1 Å². The van der Waals surface area contributed by atoms with Crippen molar-refractivity contribution in [1.29, 1.82) is 0 Å². The van der Waals surface area contributed by atoms with E-state index in [-0.39, 0.29) is 0 Å². The summed E-state index contributed by atoms with van der Waals surface area (Å²) in [5.41, 5.74) is -1.32. The zero-order chi connectivity index (χ0) is 7.49. The summed E-state index contributed by atoms with van der Waals surface area (Å²) >= 11 is 4.00. The summed E-state index contributed by atoms with van der Waals surface area (Å²) in [5.74, 6) is -0.000000000000000222. The first-order chi connectivity index (χ1) is 4.02. The molecule has 0 bridgehead atoms. The largest absolute Gasteiger partial charge is 0.787 e. The monoisotopic (exact) mass is 155 g/mol. The van der Waals surface area contributed by atoms with Gasteiger partial charge in [0, 0.05) is 0 Å². The van der Waals surface area contributed by atoms with Crippen LogP contribution in [0.1, 0.15) is 0 Å². The minimum Gasteiger partial charge on any atom is -0.787 e. The molecule has 0 unspecified atom stereocenters. The van der Waals surface area contributed by atoms with E-state index in [2.05, 4.69) is 12.6 Å².